The smallest absolute Gasteiger partial charge is 0.259 e. The number of benzene rings is 1. The predicted octanol–water partition coefficient (Wildman–Crippen LogP) is 3.39. The number of piperidine rings is 1. The van der Waals surface area contributed by atoms with Crippen molar-refractivity contribution < 1.29 is 23.5 Å². The first-order valence-corrected chi connectivity index (χ1v) is 11.7. The summed E-state index contributed by atoms with van der Waals surface area (Å²) >= 11 is 1.20. The van der Waals surface area contributed by atoms with Gasteiger partial charge in [-0.05, 0) is 24.6 Å². The lowest BCUT2D eigenvalue weighted by molar-refractivity contribution is -0.133. The molecule has 3 aromatic rings. The number of methoxy groups -OCH3 is 1. The number of nitrogens with one attached hydrogen (secondary N) is 1. The first kappa shape index (κ1) is 23.8. The molecule has 0 unspecified atom stereocenters. The van der Waals surface area contributed by atoms with Crippen molar-refractivity contribution in [1.82, 2.24) is 14.9 Å². The Morgan fingerprint density at radius 3 is 2.76 bits per heavy atom. The van der Waals surface area contributed by atoms with Gasteiger partial charge in [-0.25, -0.2) is 14.4 Å². The van der Waals surface area contributed by atoms with Crippen molar-refractivity contribution in [1.29, 1.82) is 0 Å². The second-order valence-corrected chi connectivity index (χ2v) is 9.03. The number of thiophene rings is 1. The van der Waals surface area contributed by atoms with Crippen LogP contribution in [-0.2, 0) is 9.53 Å². The van der Waals surface area contributed by atoms with Crippen molar-refractivity contribution in [2.45, 2.75) is 32.3 Å². The molecule has 1 fully saturated rings. The number of hydrogen-bond acceptors (Lipinski definition) is 8. The number of primary amides is 1. The van der Waals surface area contributed by atoms with Gasteiger partial charge < -0.3 is 25.4 Å². The van der Waals surface area contributed by atoms with Crippen LogP contribution in [0.5, 0.6) is 5.75 Å². The molecule has 1 aromatic carbocycles. The molecular weight excluding hydrogens is 461 g/mol. The summed E-state index contributed by atoms with van der Waals surface area (Å²) in [5.41, 5.74) is 6.71. The molecule has 0 atom stereocenters. The predicted molar refractivity (Wildman–Crippen MR) is 127 cm³/mol. The molecule has 0 spiro atoms. The van der Waals surface area contributed by atoms with Crippen LogP contribution >= 0.6 is 11.3 Å². The van der Waals surface area contributed by atoms with E-state index in [1.165, 1.54) is 29.8 Å². The summed E-state index contributed by atoms with van der Waals surface area (Å²) in [5, 5.41) is 3.89. The van der Waals surface area contributed by atoms with Crippen LogP contribution in [0.4, 0.5) is 15.9 Å². The van der Waals surface area contributed by atoms with E-state index in [0.717, 1.165) is 0 Å². The van der Waals surface area contributed by atoms with Crippen LogP contribution < -0.4 is 15.8 Å². The molecular formula is C23H26FN5O4S. The van der Waals surface area contributed by atoms with Crippen molar-refractivity contribution in [3.8, 4) is 5.75 Å². The fourth-order valence-corrected chi connectivity index (χ4v) is 4.98. The van der Waals surface area contributed by atoms with Crippen LogP contribution in [-0.4, -0.2) is 59.6 Å². The van der Waals surface area contributed by atoms with Crippen molar-refractivity contribution in [3.05, 3.63) is 40.8 Å². The molecule has 0 radical (unpaired) electrons. The molecule has 11 heteroatoms. The van der Waals surface area contributed by atoms with Gasteiger partial charge in [-0.2, -0.15) is 0 Å². The van der Waals surface area contributed by atoms with Crippen molar-refractivity contribution in [3.63, 3.8) is 0 Å². The molecule has 2 aromatic heterocycles. The lowest BCUT2D eigenvalue weighted by Crippen LogP contribution is -2.42. The van der Waals surface area contributed by atoms with Crippen LogP contribution in [0.25, 0.3) is 10.2 Å². The topological polar surface area (TPSA) is 120 Å². The number of fused-ring (bicyclic) bond motifs is 1. The van der Waals surface area contributed by atoms with Crippen molar-refractivity contribution in [2.75, 3.05) is 32.1 Å². The van der Waals surface area contributed by atoms with Crippen LogP contribution in [0.3, 0.4) is 0 Å². The third-order valence-electron chi connectivity index (χ3n) is 5.76. The van der Waals surface area contributed by atoms with Gasteiger partial charge in [0.05, 0.1) is 29.0 Å². The molecule has 1 aliphatic heterocycles. The summed E-state index contributed by atoms with van der Waals surface area (Å²) in [4.78, 5) is 35.4. The molecule has 1 aliphatic rings. The minimum Gasteiger partial charge on any atom is -0.488 e. The number of hydrogen-bond donors (Lipinski definition) is 2. The van der Waals surface area contributed by atoms with Gasteiger partial charge in [-0.1, -0.05) is 0 Å². The highest BCUT2D eigenvalue weighted by atomic mass is 32.1. The molecule has 180 valence electrons. The van der Waals surface area contributed by atoms with E-state index >= 15 is 0 Å². The number of aromatic nitrogens is 2. The number of carbonyl (C=O) groups is 2. The van der Waals surface area contributed by atoms with E-state index < -0.39 is 11.7 Å². The Balaban J connectivity index is 1.52. The summed E-state index contributed by atoms with van der Waals surface area (Å²) in [6.45, 7) is 3.33. The third kappa shape index (κ3) is 5.10. The molecule has 9 nitrogen and oxygen atoms in total. The second-order valence-electron chi connectivity index (χ2n) is 8.03. The lowest BCUT2D eigenvalue weighted by atomic mass is 10.1. The number of likely N-dealkylation sites (tertiary alicyclic amines) is 1. The molecule has 4 rings (SSSR count). The van der Waals surface area contributed by atoms with Crippen molar-refractivity contribution >= 4 is 44.9 Å². The minimum absolute atomic E-state index is 0.0580. The van der Waals surface area contributed by atoms with E-state index in [-0.39, 0.29) is 12.0 Å². The minimum atomic E-state index is -0.524. The molecule has 2 amide bonds. The molecule has 34 heavy (non-hydrogen) atoms. The first-order chi connectivity index (χ1) is 16.4. The van der Waals surface area contributed by atoms with E-state index in [2.05, 4.69) is 15.3 Å². The van der Waals surface area contributed by atoms with Gasteiger partial charge in [0.2, 0.25) is 5.91 Å². The van der Waals surface area contributed by atoms with E-state index in [1.54, 1.807) is 25.0 Å². The number of nitrogens with zero attached hydrogens (tertiary/aromatic N) is 3. The summed E-state index contributed by atoms with van der Waals surface area (Å²) in [5.74, 6) is -0.0737. The third-order valence-corrected chi connectivity index (χ3v) is 6.97. The van der Waals surface area contributed by atoms with E-state index in [0.29, 0.717) is 76.9 Å². The zero-order valence-electron chi connectivity index (χ0n) is 19.0. The van der Waals surface area contributed by atoms with Crippen LogP contribution in [0.15, 0.2) is 24.5 Å². The Bertz CT molecular complexity index is 1210. The highest BCUT2D eigenvalue weighted by molar-refractivity contribution is 7.20. The molecule has 0 saturated carbocycles. The Morgan fingerprint density at radius 1 is 1.29 bits per heavy atom. The molecule has 0 aliphatic carbocycles. The standard InChI is InChI=1S/C23H26FN5O4S/c1-13-19-22(26-12-27-23(19)34-20(13)21(25)31)28-16-4-3-14(24)11-17(16)33-15-5-8-29(9-6-15)18(30)7-10-32-2/h3-4,11-12,15H,5-10H2,1-2H3,(H2,25,31)(H,26,27,28). The van der Waals surface area contributed by atoms with Gasteiger partial charge in [0.25, 0.3) is 5.91 Å². The van der Waals surface area contributed by atoms with Crippen LogP contribution in [0.2, 0.25) is 0 Å². The summed E-state index contributed by atoms with van der Waals surface area (Å²) in [6.07, 6.45) is 2.86. The number of anilines is 2. The average molecular weight is 488 g/mol. The quantitative estimate of drug-likeness (QED) is 0.500. The van der Waals surface area contributed by atoms with Crippen molar-refractivity contribution in [2.24, 2.45) is 5.73 Å². The summed E-state index contributed by atoms with van der Waals surface area (Å²) in [7, 11) is 1.57. The zero-order valence-corrected chi connectivity index (χ0v) is 19.8. The van der Waals surface area contributed by atoms with Gasteiger partial charge in [0.15, 0.2) is 0 Å². The number of rotatable bonds is 8. The van der Waals surface area contributed by atoms with E-state index in [1.807, 2.05) is 0 Å². The first-order valence-electron chi connectivity index (χ1n) is 10.9. The maximum absolute atomic E-state index is 14.1. The van der Waals surface area contributed by atoms with Gasteiger partial charge >= 0.3 is 0 Å². The number of ether oxygens (including phenoxy) is 2. The summed E-state index contributed by atoms with van der Waals surface area (Å²) < 4.78 is 25.2. The Kier molecular flexibility index (Phi) is 7.23. The molecule has 3 heterocycles. The molecule has 1 saturated heterocycles. The Labute approximate surface area is 200 Å². The zero-order chi connectivity index (χ0) is 24.2. The highest BCUT2D eigenvalue weighted by Crippen LogP contribution is 2.37. The SMILES string of the molecule is COCCC(=O)N1CCC(Oc2cc(F)ccc2Nc2ncnc3sc(C(N)=O)c(C)c23)CC1. The van der Waals surface area contributed by atoms with E-state index in [9.17, 15) is 14.0 Å². The Morgan fingerprint density at radius 2 is 2.06 bits per heavy atom. The average Bonchev–Trinajstić information content (AvgIpc) is 3.17. The largest absolute Gasteiger partial charge is 0.488 e. The second kappa shape index (κ2) is 10.3. The normalized spacial score (nSPS) is 14.4. The molecule has 0 bridgehead atoms. The monoisotopic (exact) mass is 487 g/mol. The fraction of sp³-hybridized carbons (Fsp3) is 0.391. The Hall–Kier alpha value is -3.31. The highest BCUT2D eigenvalue weighted by Gasteiger charge is 2.25. The summed E-state index contributed by atoms with van der Waals surface area (Å²) in [6, 6.07) is 4.24. The maximum Gasteiger partial charge on any atom is 0.259 e. The van der Waals surface area contributed by atoms with Gasteiger partial charge in [-0.3, -0.25) is 9.59 Å². The number of carbonyl (C=O) groups excluding carboxylic acids is 2. The van der Waals surface area contributed by atoms with Gasteiger partial charge in [0, 0.05) is 39.1 Å². The van der Waals surface area contributed by atoms with Crippen LogP contribution in [0.1, 0.15) is 34.5 Å². The fourth-order valence-electron chi connectivity index (χ4n) is 3.98. The number of nitrogens with two attached hydrogens (primary N) is 1. The number of halogens is 1. The van der Waals surface area contributed by atoms with E-state index in [4.69, 9.17) is 15.2 Å². The van der Waals surface area contributed by atoms with Gasteiger partial charge in [0.1, 0.15) is 34.6 Å². The lowest BCUT2D eigenvalue weighted by Gasteiger charge is -2.32. The molecule has 3 N–H and O–H groups in total. The number of aryl methyl sites for hydroxylation is 1. The maximum atomic E-state index is 14.1. The van der Waals surface area contributed by atoms with Crippen LogP contribution in [0, 0.1) is 12.7 Å². The van der Waals surface area contributed by atoms with Gasteiger partial charge in [-0.15, -0.1) is 11.3 Å². The number of amides is 2.